The second-order valence-electron chi connectivity index (χ2n) is 4.66. The number of benzene rings is 1. The molecule has 0 fully saturated rings. The maximum Gasteiger partial charge on any atom is 0.270 e. The fourth-order valence-corrected chi connectivity index (χ4v) is 3.62. The number of imidazole rings is 1. The first kappa shape index (κ1) is 11.5. The molecule has 0 spiro atoms. The third-order valence-electron chi connectivity index (χ3n) is 3.47. The molecule has 0 bridgehead atoms. The van der Waals surface area contributed by atoms with Crippen molar-refractivity contribution in [3.05, 3.63) is 51.3 Å². The van der Waals surface area contributed by atoms with Gasteiger partial charge in [0.2, 0.25) is 5.88 Å². The number of hydrogen-bond donors (Lipinski definition) is 0. The van der Waals surface area contributed by atoms with E-state index in [0.29, 0.717) is 11.6 Å². The molecule has 0 saturated heterocycles. The van der Waals surface area contributed by atoms with Crippen molar-refractivity contribution in [2.75, 3.05) is 0 Å². The molecule has 1 unspecified atom stereocenters. The molecule has 1 aromatic heterocycles. The van der Waals surface area contributed by atoms with Gasteiger partial charge in [-0.05, 0) is 18.4 Å². The largest absolute Gasteiger partial charge is 0.437 e. The first-order chi connectivity index (χ1) is 9.65. The van der Waals surface area contributed by atoms with Crippen LogP contribution in [0.25, 0.3) is 5.70 Å². The smallest absolute Gasteiger partial charge is 0.270 e. The zero-order chi connectivity index (χ0) is 13.9. The van der Waals surface area contributed by atoms with Gasteiger partial charge in [-0.3, -0.25) is 10.1 Å². The Morgan fingerprint density at radius 2 is 2.35 bits per heavy atom. The number of thioether (sulfide) groups is 1. The van der Waals surface area contributed by atoms with E-state index in [2.05, 4.69) is 4.98 Å². The Kier molecular flexibility index (Phi) is 2.23. The summed E-state index contributed by atoms with van der Waals surface area (Å²) in [5.74, 6) is 1.22. The maximum absolute atomic E-state index is 10.9. The van der Waals surface area contributed by atoms with Gasteiger partial charge in [-0.1, -0.05) is 0 Å². The Morgan fingerprint density at radius 3 is 3.15 bits per heavy atom. The van der Waals surface area contributed by atoms with Gasteiger partial charge in [0, 0.05) is 23.4 Å². The lowest BCUT2D eigenvalue weighted by Gasteiger charge is -2.28. The van der Waals surface area contributed by atoms with Gasteiger partial charge >= 0.3 is 0 Å². The lowest BCUT2D eigenvalue weighted by Crippen LogP contribution is -2.14. The summed E-state index contributed by atoms with van der Waals surface area (Å²) in [6.45, 7) is 1.99. The highest BCUT2D eigenvalue weighted by atomic mass is 32.2. The van der Waals surface area contributed by atoms with Crippen LogP contribution in [0.4, 0.5) is 5.69 Å². The van der Waals surface area contributed by atoms with E-state index in [9.17, 15) is 10.1 Å². The number of nitro groups is 1. The first-order valence-electron chi connectivity index (χ1n) is 6.01. The zero-order valence-corrected chi connectivity index (χ0v) is 11.3. The fraction of sp³-hybridized carbons (Fsp3) is 0.154. The van der Waals surface area contributed by atoms with Crippen molar-refractivity contribution in [2.24, 2.45) is 0 Å². The molecule has 0 aliphatic carbocycles. The van der Waals surface area contributed by atoms with Crippen molar-refractivity contribution in [3.8, 4) is 11.6 Å². The van der Waals surface area contributed by atoms with E-state index >= 15 is 0 Å². The monoisotopic (exact) mass is 287 g/mol. The highest BCUT2D eigenvalue weighted by Gasteiger charge is 2.35. The van der Waals surface area contributed by atoms with Crippen molar-refractivity contribution < 1.29 is 9.66 Å². The van der Waals surface area contributed by atoms with Crippen LogP contribution in [-0.2, 0) is 0 Å². The molecule has 20 heavy (non-hydrogen) atoms. The Morgan fingerprint density at radius 1 is 1.50 bits per heavy atom. The van der Waals surface area contributed by atoms with Crippen LogP contribution in [0.2, 0.25) is 0 Å². The number of aromatic nitrogens is 2. The molecule has 2 aliphatic heterocycles. The third-order valence-corrected chi connectivity index (χ3v) is 4.69. The number of fused-ring (bicyclic) bond motifs is 2. The Balaban J connectivity index is 1.93. The molecule has 4 rings (SSSR count). The summed E-state index contributed by atoms with van der Waals surface area (Å²) in [5, 5.41) is 13.0. The Labute approximate surface area is 118 Å². The van der Waals surface area contributed by atoms with Gasteiger partial charge in [0.1, 0.15) is 17.8 Å². The molecule has 3 heterocycles. The minimum atomic E-state index is -0.387. The summed E-state index contributed by atoms with van der Waals surface area (Å²) in [6, 6.07) is 4.68. The number of ether oxygens (including phenoxy) is 1. The molecule has 6 nitrogen and oxygen atoms in total. The maximum atomic E-state index is 10.9. The van der Waals surface area contributed by atoms with E-state index in [1.807, 2.05) is 16.9 Å². The van der Waals surface area contributed by atoms with Crippen molar-refractivity contribution >= 4 is 23.1 Å². The standard InChI is InChI=1S/C13H9N3O3S/c1-7-5-20-12-9-4-8(16(17)18)2-3-10(9)19-13-11(12)15(7)6-14-13/h2-6,12H,1H3. The van der Waals surface area contributed by atoms with E-state index in [1.54, 1.807) is 30.2 Å². The van der Waals surface area contributed by atoms with Gasteiger partial charge in [-0.2, -0.15) is 0 Å². The normalized spacial score (nSPS) is 18.6. The van der Waals surface area contributed by atoms with Crippen LogP contribution in [0.15, 0.2) is 29.9 Å². The van der Waals surface area contributed by atoms with Crippen LogP contribution in [0.3, 0.4) is 0 Å². The molecule has 100 valence electrons. The van der Waals surface area contributed by atoms with Crippen molar-refractivity contribution in [1.29, 1.82) is 0 Å². The molecule has 0 saturated carbocycles. The molecular weight excluding hydrogens is 278 g/mol. The number of hydrogen-bond acceptors (Lipinski definition) is 5. The SMILES string of the molecule is CC1=CSC2c3cc([N+](=O)[O-])ccc3Oc3ncn1c32. The second kappa shape index (κ2) is 3.86. The summed E-state index contributed by atoms with van der Waals surface area (Å²) in [5.41, 5.74) is 2.91. The van der Waals surface area contributed by atoms with E-state index in [1.165, 1.54) is 6.07 Å². The summed E-state index contributed by atoms with van der Waals surface area (Å²) < 4.78 is 7.72. The quantitative estimate of drug-likeness (QED) is 0.592. The van der Waals surface area contributed by atoms with Crippen LogP contribution in [0, 0.1) is 10.1 Å². The summed E-state index contributed by atoms with van der Waals surface area (Å²) in [7, 11) is 0. The number of nitro benzene ring substituents is 1. The van der Waals surface area contributed by atoms with Crippen LogP contribution in [0.1, 0.15) is 23.4 Å². The molecular formula is C13H9N3O3S. The van der Waals surface area contributed by atoms with Crippen molar-refractivity contribution in [2.45, 2.75) is 12.2 Å². The highest BCUT2D eigenvalue weighted by molar-refractivity contribution is 8.02. The van der Waals surface area contributed by atoms with Gasteiger partial charge < -0.3 is 9.30 Å². The van der Waals surface area contributed by atoms with Crippen molar-refractivity contribution in [1.82, 2.24) is 9.55 Å². The third kappa shape index (κ3) is 1.44. The van der Waals surface area contributed by atoms with E-state index in [4.69, 9.17) is 4.74 Å². The van der Waals surface area contributed by atoms with Gasteiger partial charge in [0.25, 0.3) is 5.69 Å². The zero-order valence-electron chi connectivity index (χ0n) is 10.4. The van der Waals surface area contributed by atoms with E-state index < -0.39 is 0 Å². The van der Waals surface area contributed by atoms with Crippen LogP contribution in [-0.4, -0.2) is 14.5 Å². The molecule has 1 aromatic carbocycles. The van der Waals surface area contributed by atoms with Crippen LogP contribution >= 0.6 is 11.8 Å². The van der Waals surface area contributed by atoms with Crippen LogP contribution in [0.5, 0.6) is 11.6 Å². The predicted molar refractivity (Wildman–Crippen MR) is 74.8 cm³/mol. The summed E-state index contributed by atoms with van der Waals surface area (Å²) >= 11 is 1.62. The summed E-state index contributed by atoms with van der Waals surface area (Å²) in [6.07, 6.45) is 1.73. The van der Waals surface area contributed by atoms with E-state index in [-0.39, 0.29) is 15.9 Å². The lowest BCUT2D eigenvalue weighted by atomic mass is 10.0. The topological polar surface area (TPSA) is 70.2 Å². The molecule has 2 aliphatic rings. The van der Waals surface area contributed by atoms with Gasteiger partial charge in [0.05, 0.1) is 10.2 Å². The average molecular weight is 287 g/mol. The van der Waals surface area contributed by atoms with Crippen LogP contribution < -0.4 is 4.74 Å². The molecule has 0 radical (unpaired) electrons. The average Bonchev–Trinajstić information content (AvgIpc) is 2.86. The number of rotatable bonds is 1. The lowest BCUT2D eigenvalue weighted by molar-refractivity contribution is -0.384. The minimum absolute atomic E-state index is 0.0140. The Hall–Kier alpha value is -2.28. The highest BCUT2D eigenvalue weighted by Crippen LogP contribution is 2.52. The van der Waals surface area contributed by atoms with Gasteiger partial charge in [0.15, 0.2) is 0 Å². The van der Waals surface area contributed by atoms with Crippen molar-refractivity contribution in [3.63, 3.8) is 0 Å². The number of non-ortho nitro benzene ring substituents is 1. The molecule has 1 atom stereocenters. The predicted octanol–water partition coefficient (Wildman–Crippen LogP) is 3.55. The molecule has 7 heteroatoms. The van der Waals surface area contributed by atoms with Gasteiger partial charge in [-0.15, -0.1) is 11.8 Å². The first-order valence-corrected chi connectivity index (χ1v) is 6.95. The Bertz CT molecular complexity index is 781. The second-order valence-corrected chi connectivity index (χ2v) is 5.64. The fourth-order valence-electron chi connectivity index (χ4n) is 2.50. The number of nitrogens with zero attached hydrogens (tertiary/aromatic N) is 3. The molecule has 2 aromatic rings. The number of allylic oxidation sites excluding steroid dienone is 1. The van der Waals surface area contributed by atoms with Gasteiger partial charge in [-0.25, -0.2) is 4.98 Å². The van der Waals surface area contributed by atoms with E-state index in [0.717, 1.165) is 17.0 Å². The minimum Gasteiger partial charge on any atom is -0.437 e. The molecule has 0 N–H and O–H groups in total. The summed E-state index contributed by atoms with van der Waals surface area (Å²) in [4.78, 5) is 14.8. The molecule has 0 amide bonds.